The van der Waals surface area contributed by atoms with E-state index in [0.29, 0.717) is 19.0 Å². The highest BCUT2D eigenvalue weighted by molar-refractivity contribution is 5.80. The lowest BCUT2D eigenvalue weighted by molar-refractivity contribution is -0.129. The molecule has 1 aromatic rings. The van der Waals surface area contributed by atoms with E-state index in [9.17, 15) is 4.79 Å². The zero-order valence-electron chi connectivity index (χ0n) is 18.2. The van der Waals surface area contributed by atoms with Gasteiger partial charge in [0.1, 0.15) is 0 Å². The van der Waals surface area contributed by atoms with Crippen molar-refractivity contribution in [2.24, 2.45) is 4.99 Å². The van der Waals surface area contributed by atoms with E-state index in [2.05, 4.69) is 67.6 Å². The number of benzene rings is 1. The Balaban J connectivity index is 2.02. The van der Waals surface area contributed by atoms with E-state index in [0.717, 1.165) is 38.6 Å². The van der Waals surface area contributed by atoms with Gasteiger partial charge < -0.3 is 15.5 Å². The molecule has 156 valence electrons. The van der Waals surface area contributed by atoms with Crippen LogP contribution >= 0.6 is 0 Å². The van der Waals surface area contributed by atoms with E-state index in [1.54, 1.807) is 0 Å². The number of guanidine groups is 1. The van der Waals surface area contributed by atoms with Crippen molar-refractivity contribution in [2.45, 2.75) is 65.7 Å². The first-order chi connectivity index (χ1) is 13.4. The van der Waals surface area contributed by atoms with Crippen LogP contribution in [-0.2, 0) is 17.9 Å². The lowest BCUT2D eigenvalue weighted by Gasteiger charge is -2.22. The Morgan fingerprint density at radius 2 is 2.00 bits per heavy atom. The molecule has 1 aromatic carbocycles. The third-order valence-corrected chi connectivity index (χ3v) is 5.36. The van der Waals surface area contributed by atoms with Gasteiger partial charge >= 0.3 is 0 Å². The van der Waals surface area contributed by atoms with Gasteiger partial charge in [-0.05, 0) is 45.4 Å². The normalized spacial score (nSPS) is 17.5. The number of likely N-dealkylation sites (tertiary alicyclic amines) is 1. The molecule has 0 spiro atoms. The zero-order chi connectivity index (χ0) is 20.5. The average molecular weight is 388 g/mol. The molecule has 0 bridgehead atoms. The Kier molecular flexibility index (Phi) is 8.77. The van der Waals surface area contributed by atoms with Crippen LogP contribution < -0.4 is 10.6 Å². The first kappa shape index (κ1) is 22.2. The quantitative estimate of drug-likeness (QED) is 0.532. The summed E-state index contributed by atoms with van der Waals surface area (Å²) >= 11 is 0. The number of amides is 1. The van der Waals surface area contributed by atoms with Gasteiger partial charge in [0.15, 0.2) is 5.96 Å². The molecule has 1 heterocycles. The van der Waals surface area contributed by atoms with Crippen LogP contribution in [0.4, 0.5) is 0 Å². The molecule has 1 saturated heterocycles. The largest absolute Gasteiger partial charge is 0.357 e. The standard InChI is InChI=1S/C22H37N5O/c1-6-21(28)27-13-12-20(16-27)25-22(23-7-2)24-14-18-10-8-9-11-19(18)15-26(5)17(3)4/h8-11,17,20H,6-7,12-16H2,1-5H3,(H2,23,24,25). The highest BCUT2D eigenvalue weighted by atomic mass is 16.2. The Bertz CT molecular complexity index is 658. The zero-order valence-corrected chi connectivity index (χ0v) is 18.2. The maximum atomic E-state index is 11.9. The van der Waals surface area contributed by atoms with Crippen molar-refractivity contribution in [1.82, 2.24) is 20.4 Å². The van der Waals surface area contributed by atoms with E-state index in [-0.39, 0.29) is 11.9 Å². The molecule has 0 radical (unpaired) electrons. The summed E-state index contributed by atoms with van der Waals surface area (Å²) in [7, 11) is 2.15. The van der Waals surface area contributed by atoms with Crippen LogP contribution in [0.5, 0.6) is 0 Å². The minimum atomic E-state index is 0.231. The third kappa shape index (κ3) is 6.51. The number of carbonyl (C=O) groups is 1. The topological polar surface area (TPSA) is 60.0 Å². The molecule has 0 saturated carbocycles. The molecule has 6 heteroatoms. The molecule has 1 aliphatic heterocycles. The summed E-state index contributed by atoms with van der Waals surface area (Å²) in [5, 5.41) is 6.85. The monoisotopic (exact) mass is 387 g/mol. The molecular weight excluding hydrogens is 350 g/mol. The smallest absolute Gasteiger partial charge is 0.222 e. The maximum absolute atomic E-state index is 11.9. The number of hydrogen-bond donors (Lipinski definition) is 2. The number of rotatable bonds is 8. The van der Waals surface area contributed by atoms with Gasteiger partial charge in [-0.3, -0.25) is 9.69 Å². The molecule has 2 N–H and O–H groups in total. The number of carbonyl (C=O) groups excluding carboxylic acids is 1. The summed E-state index contributed by atoms with van der Waals surface area (Å²) < 4.78 is 0. The number of nitrogens with one attached hydrogen (secondary N) is 2. The summed E-state index contributed by atoms with van der Waals surface area (Å²) in [5.41, 5.74) is 2.57. The van der Waals surface area contributed by atoms with Gasteiger partial charge in [0, 0.05) is 44.7 Å². The van der Waals surface area contributed by atoms with Crippen molar-refractivity contribution in [3.63, 3.8) is 0 Å². The molecule has 6 nitrogen and oxygen atoms in total. The predicted octanol–water partition coefficient (Wildman–Crippen LogP) is 2.59. The van der Waals surface area contributed by atoms with Crippen molar-refractivity contribution >= 4 is 11.9 Å². The summed E-state index contributed by atoms with van der Waals surface area (Å²) in [6.07, 6.45) is 1.54. The molecule has 0 aromatic heterocycles. The second kappa shape index (κ2) is 11.1. The van der Waals surface area contributed by atoms with Gasteiger partial charge in [-0.15, -0.1) is 0 Å². The van der Waals surface area contributed by atoms with Gasteiger partial charge in [0.25, 0.3) is 0 Å². The van der Waals surface area contributed by atoms with Crippen LogP contribution in [0.3, 0.4) is 0 Å². The fourth-order valence-corrected chi connectivity index (χ4v) is 3.32. The fraction of sp³-hybridized carbons (Fsp3) is 0.636. The predicted molar refractivity (Wildman–Crippen MR) is 116 cm³/mol. The molecule has 2 rings (SSSR count). The lowest BCUT2D eigenvalue weighted by atomic mass is 10.1. The fourth-order valence-electron chi connectivity index (χ4n) is 3.32. The van der Waals surface area contributed by atoms with Crippen molar-refractivity contribution in [2.75, 3.05) is 26.7 Å². The van der Waals surface area contributed by atoms with Crippen molar-refractivity contribution in [3.05, 3.63) is 35.4 Å². The van der Waals surface area contributed by atoms with Crippen LogP contribution in [0.2, 0.25) is 0 Å². The highest BCUT2D eigenvalue weighted by Gasteiger charge is 2.25. The van der Waals surface area contributed by atoms with E-state index < -0.39 is 0 Å². The molecule has 1 aliphatic rings. The minimum absolute atomic E-state index is 0.231. The SMILES string of the molecule is CCNC(=NCc1ccccc1CN(C)C(C)C)NC1CCN(C(=O)CC)C1. The van der Waals surface area contributed by atoms with Crippen LogP contribution in [-0.4, -0.2) is 60.4 Å². The third-order valence-electron chi connectivity index (χ3n) is 5.36. The molecule has 1 atom stereocenters. The van der Waals surface area contributed by atoms with Crippen molar-refractivity contribution in [3.8, 4) is 0 Å². The van der Waals surface area contributed by atoms with Crippen LogP contribution in [0.15, 0.2) is 29.3 Å². The average Bonchev–Trinajstić information content (AvgIpc) is 3.15. The number of hydrogen-bond acceptors (Lipinski definition) is 3. The molecule has 1 unspecified atom stereocenters. The highest BCUT2D eigenvalue weighted by Crippen LogP contribution is 2.14. The molecule has 1 fully saturated rings. The molecule has 1 amide bonds. The lowest BCUT2D eigenvalue weighted by Crippen LogP contribution is -2.45. The summed E-state index contributed by atoms with van der Waals surface area (Å²) in [6, 6.07) is 9.29. The van der Waals surface area contributed by atoms with E-state index >= 15 is 0 Å². The van der Waals surface area contributed by atoms with E-state index in [4.69, 9.17) is 4.99 Å². The van der Waals surface area contributed by atoms with Gasteiger partial charge in [-0.25, -0.2) is 4.99 Å². The van der Waals surface area contributed by atoms with Gasteiger partial charge in [-0.2, -0.15) is 0 Å². The van der Waals surface area contributed by atoms with Gasteiger partial charge in [0.2, 0.25) is 5.91 Å². The van der Waals surface area contributed by atoms with Gasteiger partial charge in [0.05, 0.1) is 6.54 Å². The first-order valence-electron chi connectivity index (χ1n) is 10.5. The number of aliphatic imine (C=N–C) groups is 1. The minimum Gasteiger partial charge on any atom is -0.357 e. The molecular formula is C22H37N5O. The summed E-state index contributed by atoms with van der Waals surface area (Å²) in [5.74, 6) is 1.06. The molecule has 0 aliphatic carbocycles. The van der Waals surface area contributed by atoms with Crippen LogP contribution in [0, 0.1) is 0 Å². The van der Waals surface area contributed by atoms with E-state index in [1.807, 2.05) is 11.8 Å². The van der Waals surface area contributed by atoms with Gasteiger partial charge in [-0.1, -0.05) is 31.2 Å². The van der Waals surface area contributed by atoms with E-state index in [1.165, 1.54) is 11.1 Å². The first-order valence-corrected chi connectivity index (χ1v) is 10.5. The summed E-state index contributed by atoms with van der Waals surface area (Å²) in [4.78, 5) is 21.0. The Labute approximate surface area is 170 Å². The second-order valence-electron chi connectivity index (χ2n) is 7.80. The van der Waals surface area contributed by atoms with Crippen molar-refractivity contribution in [1.29, 1.82) is 0 Å². The maximum Gasteiger partial charge on any atom is 0.222 e. The Morgan fingerprint density at radius 1 is 1.29 bits per heavy atom. The van der Waals surface area contributed by atoms with Crippen molar-refractivity contribution < 1.29 is 4.79 Å². The summed E-state index contributed by atoms with van der Waals surface area (Å²) in [6.45, 7) is 12.4. The van der Waals surface area contributed by atoms with Crippen LogP contribution in [0.25, 0.3) is 0 Å². The van der Waals surface area contributed by atoms with Crippen LogP contribution in [0.1, 0.15) is 51.7 Å². The number of nitrogens with zero attached hydrogens (tertiary/aromatic N) is 3. The Hall–Kier alpha value is -2.08. The second-order valence-corrected chi connectivity index (χ2v) is 7.80. The molecule has 28 heavy (non-hydrogen) atoms. The Morgan fingerprint density at radius 3 is 2.64 bits per heavy atom.